The minimum absolute atomic E-state index is 0.212. The molecule has 2 aliphatic carbocycles. The Hall–Kier alpha value is -1.38. The molecule has 3 rings (SSSR count). The predicted molar refractivity (Wildman–Crippen MR) is 64.5 cm³/mol. The highest BCUT2D eigenvalue weighted by atomic mass is 16.5. The first-order valence-corrected chi connectivity index (χ1v) is 6.39. The van der Waals surface area contributed by atoms with Crippen LogP contribution in [-0.2, 0) is 0 Å². The molecule has 92 valence electrons. The van der Waals surface area contributed by atoms with Crippen LogP contribution in [0.2, 0.25) is 0 Å². The highest BCUT2D eigenvalue weighted by Crippen LogP contribution is 2.33. The third-order valence-electron chi connectivity index (χ3n) is 3.23. The van der Waals surface area contributed by atoms with Crippen molar-refractivity contribution < 1.29 is 14.6 Å². The zero-order valence-corrected chi connectivity index (χ0v) is 9.89. The van der Waals surface area contributed by atoms with E-state index in [2.05, 4.69) is 0 Å². The van der Waals surface area contributed by atoms with E-state index in [-0.39, 0.29) is 5.75 Å². The van der Waals surface area contributed by atoms with Gasteiger partial charge in [-0.1, -0.05) is 0 Å². The molecule has 0 aliphatic heterocycles. The molecule has 0 atom stereocenters. The standard InChI is InChI=1S/C14H18O3/c15-12-5-13(16-8-10-1-2-10)7-14(6-12)17-9-11-3-4-11/h5-7,10-11,15H,1-4,8-9H2. The van der Waals surface area contributed by atoms with Crippen LogP contribution in [0, 0.1) is 11.8 Å². The third kappa shape index (κ3) is 3.29. The van der Waals surface area contributed by atoms with Crippen LogP contribution >= 0.6 is 0 Å². The zero-order valence-electron chi connectivity index (χ0n) is 9.89. The molecular weight excluding hydrogens is 216 g/mol. The van der Waals surface area contributed by atoms with Crippen LogP contribution in [0.5, 0.6) is 17.2 Å². The average molecular weight is 234 g/mol. The molecule has 1 aromatic carbocycles. The van der Waals surface area contributed by atoms with E-state index in [0.717, 1.165) is 13.2 Å². The summed E-state index contributed by atoms with van der Waals surface area (Å²) in [6, 6.07) is 5.16. The van der Waals surface area contributed by atoms with Crippen molar-refractivity contribution in [1.29, 1.82) is 0 Å². The van der Waals surface area contributed by atoms with Gasteiger partial charge in [-0.2, -0.15) is 0 Å². The summed E-state index contributed by atoms with van der Waals surface area (Å²) in [5.41, 5.74) is 0. The van der Waals surface area contributed by atoms with Crippen LogP contribution in [-0.4, -0.2) is 18.3 Å². The Kier molecular flexibility index (Phi) is 2.83. The van der Waals surface area contributed by atoms with Crippen LogP contribution in [0.1, 0.15) is 25.7 Å². The van der Waals surface area contributed by atoms with Crippen molar-refractivity contribution in [2.75, 3.05) is 13.2 Å². The fraction of sp³-hybridized carbons (Fsp3) is 0.571. The Balaban J connectivity index is 1.60. The van der Waals surface area contributed by atoms with Crippen LogP contribution < -0.4 is 9.47 Å². The maximum absolute atomic E-state index is 9.60. The average Bonchev–Trinajstić information content (AvgIpc) is 3.15. The minimum atomic E-state index is 0.212. The van der Waals surface area contributed by atoms with Gasteiger partial charge in [-0.25, -0.2) is 0 Å². The summed E-state index contributed by atoms with van der Waals surface area (Å²) >= 11 is 0. The van der Waals surface area contributed by atoms with Crippen LogP contribution in [0.4, 0.5) is 0 Å². The summed E-state index contributed by atoms with van der Waals surface area (Å²) in [6.45, 7) is 1.51. The van der Waals surface area contributed by atoms with Gasteiger partial charge in [0.05, 0.1) is 13.2 Å². The molecule has 1 aromatic rings. The highest BCUT2D eigenvalue weighted by Gasteiger charge is 2.23. The summed E-state index contributed by atoms with van der Waals surface area (Å²) in [7, 11) is 0. The lowest BCUT2D eigenvalue weighted by molar-refractivity contribution is 0.282. The van der Waals surface area contributed by atoms with Crippen LogP contribution in [0.15, 0.2) is 18.2 Å². The van der Waals surface area contributed by atoms with Crippen molar-refractivity contribution in [1.82, 2.24) is 0 Å². The van der Waals surface area contributed by atoms with Gasteiger partial charge >= 0.3 is 0 Å². The topological polar surface area (TPSA) is 38.7 Å². The predicted octanol–water partition coefficient (Wildman–Crippen LogP) is 2.97. The molecule has 1 N–H and O–H groups in total. The van der Waals surface area contributed by atoms with E-state index < -0.39 is 0 Å². The Morgan fingerprint density at radius 2 is 1.35 bits per heavy atom. The Labute approximate surface area is 101 Å². The second-order valence-electron chi connectivity index (χ2n) is 5.17. The minimum Gasteiger partial charge on any atom is -0.508 e. The molecule has 0 radical (unpaired) electrons. The van der Waals surface area contributed by atoms with Gasteiger partial charge in [0.15, 0.2) is 0 Å². The summed E-state index contributed by atoms with van der Waals surface area (Å²) in [5, 5.41) is 9.60. The summed E-state index contributed by atoms with van der Waals surface area (Å²) in [6.07, 6.45) is 5.07. The number of ether oxygens (including phenoxy) is 2. The lowest BCUT2D eigenvalue weighted by Crippen LogP contribution is -2.01. The molecule has 2 saturated carbocycles. The maximum Gasteiger partial charge on any atom is 0.126 e. The van der Waals surface area contributed by atoms with Crippen molar-refractivity contribution in [2.45, 2.75) is 25.7 Å². The van der Waals surface area contributed by atoms with Gasteiger partial charge in [-0.15, -0.1) is 0 Å². The molecule has 0 aromatic heterocycles. The molecular formula is C14H18O3. The molecule has 0 spiro atoms. The molecule has 0 unspecified atom stereocenters. The molecule has 3 nitrogen and oxygen atoms in total. The smallest absolute Gasteiger partial charge is 0.126 e. The Morgan fingerprint density at radius 3 is 1.76 bits per heavy atom. The van der Waals surface area contributed by atoms with Gasteiger partial charge in [0.1, 0.15) is 17.2 Å². The molecule has 0 amide bonds. The van der Waals surface area contributed by atoms with Crippen molar-refractivity contribution in [3.63, 3.8) is 0 Å². The number of benzene rings is 1. The van der Waals surface area contributed by atoms with E-state index in [1.165, 1.54) is 25.7 Å². The molecule has 2 fully saturated rings. The largest absolute Gasteiger partial charge is 0.508 e. The quantitative estimate of drug-likeness (QED) is 0.822. The summed E-state index contributed by atoms with van der Waals surface area (Å²) < 4.78 is 11.3. The van der Waals surface area contributed by atoms with Crippen molar-refractivity contribution in [2.24, 2.45) is 11.8 Å². The monoisotopic (exact) mass is 234 g/mol. The molecule has 0 bridgehead atoms. The number of phenols is 1. The van der Waals surface area contributed by atoms with Crippen molar-refractivity contribution >= 4 is 0 Å². The van der Waals surface area contributed by atoms with E-state index in [1.807, 2.05) is 6.07 Å². The first-order valence-electron chi connectivity index (χ1n) is 6.39. The molecule has 2 aliphatic rings. The van der Waals surface area contributed by atoms with Gasteiger partial charge in [-0.05, 0) is 37.5 Å². The number of phenolic OH excluding ortho intramolecular Hbond substituents is 1. The van der Waals surface area contributed by atoms with Gasteiger partial charge in [0, 0.05) is 18.2 Å². The van der Waals surface area contributed by atoms with E-state index in [4.69, 9.17) is 9.47 Å². The summed E-state index contributed by atoms with van der Waals surface area (Å²) in [4.78, 5) is 0. The van der Waals surface area contributed by atoms with Crippen molar-refractivity contribution in [3.8, 4) is 17.2 Å². The third-order valence-corrected chi connectivity index (χ3v) is 3.23. The van der Waals surface area contributed by atoms with E-state index in [1.54, 1.807) is 12.1 Å². The fourth-order valence-corrected chi connectivity index (χ4v) is 1.72. The first-order chi connectivity index (χ1) is 8.29. The maximum atomic E-state index is 9.60. The summed E-state index contributed by atoms with van der Waals surface area (Å²) in [5.74, 6) is 3.07. The zero-order chi connectivity index (χ0) is 11.7. The molecule has 17 heavy (non-hydrogen) atoms. The Morgan fingerprint density at radius 1 is 0.882 bits per heavy atom. The Bertz CT molecular complexity index is 360. The molecule has 3 heteroatoms. The van der Waals surface area contributed by atoms with E-state index in [0.29, 0.717) is 23.3 Å². The number of hydrogen-bond acceptors (Lipinski definition) is 3. The van der Waals surface area contributed by atoms with Crippen molar-refractivity contribution in [3.05, 3.63) is 18.2 Å². The number of hydrogen-bond donors (Lipinski definition) is 1. The molecule has 0 heterocycles. The lowest BCUT2D eigenvalue weighted by atomic mass is 10.3. The van der Waals surface area contributed by atoms with Gasteiger partial charge in [0.2, 0.25) is 0 Å². The van der Waals surface area contributed by atoms with Gasteiger partial charge in [-0.3, -0.25) is 0 Å². The second-order valence-corrected chi connectivity index (χ2v) is 5.17. The highest BCUT2D eigenvalue weighted by molar-refractivity contribution is 5.41. The first kappa shape index (κ1) is 10.8. The van der Waals surface area contributed by atoms with Gasteiger partial charge in [0.25, 0.3) is 0 Å². The number of rotatable bonds is 6. The fourth-order valence-electron chi connectivity index (χ4n) is 1.72. The normalized spacial score (nSPS) is 19.1. The van der Waals surface area contributed by atoms with Crippen LogP contribution in [0.25, 0.3) is 0 Å². The van der Waals surface area contributed by atoms with Gasteiger partial charge < -0.3 is 14.6 Å². The van der Waals surface area contributed by atoms with E-state index >= 15 is 0 Å². The second kappa shape index (κ2) is 4.47. The molecule has 0 saturated heterocycles. The number of aromatic hydroxyl groups is 1. The van der Waals surface area contributed by atoms with Crippen LogP contribution in [0.3, 0.4) is 0 Å². The SMILES string of the molecule is Oc1cc(OCC2CC2)cc(OCC2CC2)c1. The van der Waals surface area contributed by atoms with E-state index in [9.17, 15) is 5.11 Å². The lowest BCUT2D eigenvalue weighted by Gasteiger charge is -2.10.